The second kappa shape index (κ2) is 11.9. The number of amidine groups is 1. The van der Waals surface area contributed by atoms with Crippen LogP contribution in [0.4, 0.5) is 15.9 Å². The highest BCUT2D eigenvalue weighted by molar-refractivity contribution is 6.33. The number of fused-ring (bicyclic) bond motifs is 1. The first kappa shape index (κ1) is 29.8. The van der Waals surface area contributed by atoms with Crippen LogP contribution in [-0.2, 0) is 4.79 Å². The van der Waals surface area contributed by atoms with Gasteiger partial charge in [-0.25, -0.2) is 14.4 Å². The molecule has 1 amide bonds. The highest BCUT2D eigenvalue weighted by Crippen LogP contribution is 2.43. The fourth-order valence-electron chi connectivity index (χ4n) is 6.07. The summed E-state index contributed by atoms with van der Waals surface area (Å²) in [6.45, 7) is 18.1. The van der Waals surface area contributed by atoms with Crippen molar-refractivity contribution in [3.8, 4) is 11.3 Å². The molecule has 1 saturated heterocycles. The van der Waals surface area contributed by atoms with E-state index in [0.29, 0.717) is 41.9 Å². The van der Waals surface area contributed by atoms with E-state index in [0.717, 1.165) is 17.1 Å². The monoisotopic (exact) mass is 587 g/mol. The first-order valence-electron chi connectivity index (χ1n) is 14.6. The lowest BCUT2D eigenvalue weighted by Gasteiger charge is -2.46. The number of pyridine rings is 1. The minimum atomic E-state index is -0.376. The number of aromatic nitrogens is 1. The average Bonchev–Trinajstić information content (AvgIpc) is 2.97. The van der Waals surface area contributed by atoms with Crippen molar-refractivity contribution in [1.29, 1.82) is 0 Å². The molecule has 0 saturated carbocycles. The van der Waals surface area contributed by atoms with Gasteiger partial charge in [0.15, 0.2) is 0 Å². The molecule has 3 aromatic rings. The topological polar surface area (TPSA) is 52.0 Å². The van der Waals surface area contributed by atoms with Gasteiger partial charge in [0.2, 0.25) is 5.91 Å². The summed E-state index contributed by atoms with van der Waals surface area (Å²) in [5.74, 6) is 1.57. The molecule has 0 N–H and O–H groups in total. The maximum absolute atomic E-state index is 15.1. The molecular formula is C34H39ClFN5O. The molecule has 42 heavy (non-hydrogen) atoms. The van der Waals surface area contributed by atoms with E-state index >= 15 is 4.39 Å². The Bertz CT molecular complexity index is 1520. The van der Waals surface area contributed by atoms with Crippen molar-refractivity contribution in [3.63, 3.8) is 0 Å². The molecular weight excluding hydrogens is 549 g/mol. The van der Waals surface area contributed by atoms with E-state index < -0.39 is 0 Å². The van der Waals surface area contributed by atoms with Crippen LogP contribution in [0.3, 0.4) is 0 Å². The Morgan fingerprint density at radius 1 is 1.00 bits per heavy atom. The van der Waals surface area contributed by atoms with Crippen LogP contribution < -0.4 is 4.90 Å². The maximum atomic E-state index is 15.1. The van der Waals surface area contributed by atoms with Crippen molar-refractivity contribution < 1.29 is 9.18 Å². The lowest BCUT2D eigenvalue weighted by molar-refractivity contribution is -0.130. The fraction of sp³-hybridized carbons (Fsp3) is 0.382. The van der Waals surface area contributed by atoms with Crippen LogP contribution in [0.15, 0.2) is 66.2 Å². The van der Waals surface area contributed by atoms with Crippen LogP contribution in [0.5, 0.6) is 0 Å². The number of carbonyl (C=O) groups excluding carboxylic acids is 1. The molecule has 2 aliphatic rings. The summed E-state index contributed by atoms with van der Waals surface area (Å²) in [5, 5.41) is 0.357. The predicted octanol–water partition coefficient (Wildman–Crippen LogP) is 7.75. The molecule has 2 aliphatic heterocycles. The number of para-hydroxylation sites is 1. The van der Waals surface area contributed by atoms with E-state index in [1.54, 1.807) is 18.2 Å². The van der Waals surface area contributed by atoms with Gasteiger partial charge in [0.25, 0.3) is 0 Å². The number of benzene rings is 2. The van der Waals surface area contributed by atoms with Gasteiger partial charge < -0.3 is 14.7 Å². The van der Waals surface area contributed by atoms with Crippen molar-refractivity contribution in [3.05, 3.63) is 88.7 Å². The number of piperazine rings is 1. The van der Waals surface area contributed by atoms with Crippen LogP contribution in [0.25, 0.3) is 11.3 Å². The summed E-state index contributed by atoms with van der Waals surface area (Å²) in [7, 11) is 0. The van der Waals surface area contributed by atoms with Crippen LogP contribution in [-0.4, -0.2) is 58.4 Å². The summed E-state index contributed by atoms with van der Waals surface area (Å²) in [4.78, 5) is 29.1. The number of rotatable bonds is 5. The zero-order chi connectivity index (χ0) is 30.3. The number of amides is 1. The smallest absolute Gasteiger partial charge is 0.246 e. The Morgan fingerprint density at radius 2 is 1.67 bits per heavy atom. The van der Waals surface area contributed by atoms with Gasteiger partial charge in [-0.2, -0.15) is 0 Å². The van der Waals surface area contributed by atoms with E-state index in [9.17, 15) is 4.79 Å². The Kier molecular flexibility index (Phi) is 8.42. The van der Waals surface area contributed by atoms with Gasteiger partial charge in [-0.1, -0.05) is 76.2 Å². The summed E-state index contributed by atoms with van der Waals surface area (Å²) in [6, 6.07) is 14.9. The van der Waals surface area contributed by atoms with Gasteiger partial charge in [-0.15, -0.1) is 0 Å². The fourth-order valence-corrected chi connectivity index (χ4v) is 6.33. The molecule has 5 rings (SSSR count). The number of hydrogen-bond acceptors (Lipinski definition) is 5. The standard InChI is InChI=1S/C34H39ClFN5O/c1-8-30(42)39-17-23(7)40(18-22(39)6)33-27-16-28(35)31(26-12-9-10-15-29(26)36)38-34(27)41(19-37-33)32-24(20(2)3)13-11-14-25(32)21(4)5/h8-16,20-23H,1,17-19H2,2-7H3/t22-,23+/m1/s1. The van der Waals surface area contributed by atoms with Crippen LogP contribution in [0.1, 0.15) is 70.1 Å². The van der Waals surface area contributed by atoms with E-state index in [4.69, 9.17) is 21.6 Å². The quantitative estimate of drug-likeness (QED) is 0.286. The van der Waals surface area contributed by atoms with Gasteiger partial charge >= 0.3 is 0 Å². The van der Waals surface area contributed by atoms with Crippen molar-refractivity contribution in [2.45, 2.75) is 65.5 Å². The van der Waals surface area contributed by atoms with E-state index in [1.807, 2.05) is 17.9 Å². The molecule has 8 heteroatoms. The Morgan fingerprint density at radius 3 is 2.29 bits per heavy atom. The second-order valence-electron chi connectivity index (χ2n) is 11.9. The largest absolute Gasteiger partial charge is 0.350 e. The number of hydrogen-bond donors (Lipinski definition) is 0. The third-order valence-electron chi connectivity index (χ3n) is 8.27. The molecule has 0 bridgehead atoms. The summed E-state index contributed by atoms with van der Waals surface area (Å²) >= 11 is 6.89. The lowest BCUT2D eigenvalue weighted by Crippen LogP contribution is -2.59. The summed E-state index contributed by atoms with van der Waals surface area (Å²) < 4.78 is 15.1. The zero-order valence-electron chi connectivity index (χ0n) is 25.2. The Hall–Kier alpha value is -3.71. The molecule has 220 valence electrons. The SMILES string of the molecule is C=CC(=O)N1C[C@H](C)N(C2=NCN(c3c(C(C)C)cccc3C(C)C)c3nc(-c4ccccc4F)c(Cl)cc32)C[C@H]1C. The van der Waals surface area contributed by atoms with Gasteiger partial charge in [0, 0.05) is 30.7 Å². The Balaban J connectivity index is 1.70. The highest BCUT2D eigenvalue weighted by atomic mass is 35.5. The maximum Gasteiger partial charge on any atom is 0.246 e. The third-order valence-corrected chi connectivity index (χ3v) is 8.56. The zero-order valence-corrected chi connectivity index (χ0v) is 26.0. The molecule has 3 heterocycles. The number of carbonyl (C=O) groups is 1. The van der Waals surface area contributed by atoms with Gasteiger partial charge in [0.1, 0.15) is 24.1 Å². The van der Waals surface area contributed by atoms with Gasteiger partial charge in [-0.3, -0.25) is 4.79 Å². The minimum Gasteiger partial charge on any atom is -0.350 e. The van der Waals surface area contributed by atoms with Gasteiger partial charge in [-0.05, 0) is 61.1 Å². The number of anilines is 2. The molecule has 0 unspecified atom stereocenters. The van der Waals surface area contributed by atoms with Crippen LogP contribution in [0, 0.1) is 5.82 Å². The lowest BCUT2D eigenvalue weighted by atomic mass is 9.91. The van der Waals surface area contributed by atoms with Gasteiger partial charge in [0.05, 0.1) is 22.0 Å². The molecule has 1 fully saturated rings. The first-order chi connectivity index (χ1) is 20.0. The first-order valence-corrected chi connectivity index (χ1v) is 15.0. The van der Waals surface area contributed by atoms with Crippen LogP contribution in [0.2, 0.25) is 5.02 Å². The van der Waals surface area contributed by atoms with Crippen molar-refractivity contribution in [2.24, 2.45) is 4.99 Å². The molecule has 2 atom stereocenters. The van der Waals surface area contributed by atoms with Crippen LogP contribution >= 0.6 is 11.6 Å². The molecule has 1 aromatic heterocycles. The van der Waals surface area contributed by atoms with Crippen molar-refractivity contribution in [1.82, 2.24) is 14.8 Å². The van der Waals surface area contributed by atoms with E-state index in [2.05, 4.69) is 69.2 Å². The average molecular weight is 588 g/mol. The molecule has 2 aromatic carbocycles. The highest BCUT2D eigenvalue weighted by Gasteiger charge is 2.37. The van der Waals surface area contributed by atoms with E-state index in [-0.39, 0.29) is 35.6 Å². The van der Waals surface area contributed by atoms with E-state index in [1.165, 1.54) is 23.3 Å². The Labute approximate surface area is 253 Å². The van der Waals surface area contributed by atoms with Crippen molar-refractivity contribution in [2.75, 3.05) is 24.7 Å². The number of nitrogens with zero attached hydrogens (tertiary/aromatic N) is 5. The summed E-state index contributed by atoms with van der Waals surface area (Å²) in [6.07, 6.45) is 1.37. The normalized spacial score (nSPS) is 18.8. The number of aliphatic imine (C=N–C) groups is 1. The molecule has 6 nitrogen and oxygen atoms in total. The molecule has 0 aliphatic carbocycles. The van der Waals surface area contributed by atoms with Crippen molar-refractivity contribution >= 4 is 34.8 Å². The molecule has 0 spiro atoms. The molecule has 0 radical (unpaired) electrons. The second-order valence-corrected chi connectivity index (χ2v) is 12.3. The summed E-state index contributed by atoms with van der Waals surface area (Å²) in [5.41, 5.74) is 5.04. The number of halogens is 2. The minimum absolute atomic E-state index is 0.00226. The third kappa shape index (κ3) is 5.31. The predicted molar refractivity (Wildman–Crippen MR) is 170 cm³/mol.